The molecule has 0 bridgehead atoms. The molecule has 8 nitrogen and oxygen atoms in total. The monoisotopic (exact) mass is 472 g/mol. The summed E-state index contributed by atoms with van der Waals surface area (Å²) in [5.41, 5.74) is 1.04. The molecule has 3 aromatic rings. The zero-order valence-corrected chi connectivity index (χ0v) is 18.4. The van der Waals surface area contributed by atoms with E-state index in [2.05, 4.69) is 10.3 Å². The Kier molecular flexibility index (Phi) is 6.19. The topological polar surface area (TPSA) is 105 Å². The quantitative estimate of drug-likeness (QED) is 0.414. The molecule has 2 heterocycles. The summed E-state index contributed by atoms with van der Waals surface area (Å²) in [5, 5.41) is 15.7. The molecule has 1 aromatic heterocycles. The lowest BCUT2D eigenvalue weighted by Crippen LogP contribution is -2.28. The molecule has 1 fully saturated rings. The van der Waals surface area contributed by atoms with Crippen LogP contribution in [0.1, 0.15) is 12.1 Å². The van der Waals surface area contributed by atoms with Crippen LogP contribution in [0.3, 0.4) is 0 Å². The molecular weight excluding hydrogens is 455 g/mol. The first-order valence-electron chi connectivity index (χ1n) is 9.55. The number of hydrogen-bond donors (Lipinski definition) is 1. The highest BCUT2D eigenvalue weighted by atomic mass is 32.2. The number of carbonyl (C=O) groups is 2. The second-order valence-corrected chi connectivity index (χ2v) is 9.35. The van der Waals surface area contributed by atoms with Gasteiger partial charge in [0, 0.05) is 40.7 Å². The standard InChI is InChI=1S/C21H17FN4O4S2/c1-12-11-31-21(23-12)32-16-5-2-14(3-6-16)24-20(28)13-8-19(27)25(10-13)15-4-7-17(22)18(9-15)26(29)30/h2-7,9,11,13H,8,10H2,1H3,(H,24,28). The maximum atomic E-state index is 13.6. The van der Waals surface area contributed by atoms with Crippen molar-refractivity contribution >= 4 is 52.0 Å². The van der Waals surface area contributed by atoms with Gasteiger partial charge >= 0.3 is 5.69 Å². The number of aromatic nitrogens is 1. The van der Waals surface area contributed by atoms with E-state index in [0.29, 0.717) is 5.69 Å². The van der Waals surface area contributed by atoms with Crippen LogP contribution >= 0.6 is 23.1 Å². The van der Waals surface area contributed by atoms with Crippen LogP contribution in [0.5, 0.6) is 0 Å². The van der Waals surface area contributed by atoms with Gasteiger partial charge in [0.25, 0.3) is 0 Å². The highest BCUT2D eigenvalue weighted by molar-refractivity contribution is 8.01. The van der Waals surface area contributed by atoms with Crippen molar-refractivity contribution in [2.24, 2.45) is 5.92 Å². The summed E-state index contributed by atoms with van der Waals surface area (Å²) in [6.45, 7) is 2.00. The average Bonchev–Trinajstić information content (AvgIpc) is 3.35. The summed E-state index contributed by atoms with van der Waals surface area (Å²) in [6, 6.07) is 10.5. The predicted octanol–water partition coefficient (Wildman–Crippen LogP) is 4.64. The van der Waals surface area contributed by atoms with Crippen molar-refractivity contribution in [1.82, 2.24) is 4.98 Å². The molecule has 1 aliphatic rings. The minimum absolute atomic E-state index is 0.0334. The molecule has 1 atom stereocenters. The number of hydrogen-bond acceptors (Lipinski definition) is 7. The van der Waals surface area contributed by atoms with E-state index in [-0.39, 0.29) is 30.5 Å². The Morgan fingerprint density at radius 2 is 2.06 bits per heavy atom. The maximum absolute atomic E-state index is 13.6. The lowest BCUT2D eigenvalue weighted by atomic mass is 10.1. The Labute approximate surface area is 190 Å². The lowest BCUT2D eigenvalue weighted by molar-refractivity contribution is -0.387. The molecule has 164 valence electrons. The smallest absolute Gasteiger partial charge is 0.306 e. The van der Waals surface area contributed by atoms with Crippen molar-refractivity contribution in [3.8, 4) is 0 Å². The molecule has 0 saturated carbocycles. The van der Waals surface area contributed by atoms with Crippen LogP contribution in [-0.2, 0) is 9.59 Å². The van der Waals surface area contributed by atoms with Gasteiger partial charge in [-0.05, 0) is 43.3 Å². The van der Waals surface area contributed by atoms with Crippen LogP contribution in [0.2, 0.25) is 0 Å². The maximum Gasteiger partial charge on any atom is 0.306 e. The number of thiazole rings is 1. The Hall–Kier alpha value is -3.31. The van der Waals surface area contributed by atoms with Crippen molar-refractivity contribution in [2.45, 2.75) is 22.6 Å². The molecule has 4 rings (SSSR count). The molecule has 1 unspecified atom stereocenters. The average molecular weight is 473 g/mol. The summed E-state index contributed by atoms with van der Waals surface area (Å²) in [7, 11) is 0. The van der Waals surface area contributed by atoms with Gasteiger partial charge in [-0.1, -0.05) is 11.8 Å². The van der Waals surface area contributed by atoms with Gasteiger partial charge in [0.2, 0.25) is 17.6 Å². The molecule has 0 aliphatic carbocycles. The Bertz CT molecular complexity index is 1200. The van der Waals surface area contributed by atoms with Crippen molar-refractivity contribution in [3.05, 3.63) is 69.5 Å². The molecule has 1 N–H and O–H groups in total. The van der Waals surface area contributed by atoms with E-state index in [9.17, 15) is 24.1 Å². The largest absolute Gasteiger partial charge is 0.326 e. The summed E-state index contributed by atoms with van der Waals surface area (Å²) < 4.78 is 14.5. The number of rotatable bonds is 6. The first-order chi connectivity index (χ1) is 15.3. The predicted molar refractivity (Wildman–Crippen MR) is 120 cm³/mol. The number of nitro groups is 1. The van der Waals surface area contributed by atoms with E-state index in [4.69, 9.17) is 0 Å². The number of amides is 2. The van der Waals surface area contributed by atoms with Crippen molar-refractivity contribution in [2.75, 3.05) is 16.8 Å². The molecule has 2 amide bonds. The van der Waals surface area contributed by atoms with Gasteiger partial charge in [-0.15, -0.1) is 11.3 Å². The highest BCUT2D eigenvalue weighted by Crippen LogP contribution is 2.32. The van der Waals surface area contributed by atoms with Crippen LogP contribution in [-0.4, -0.2) is 28.3 Å². The SMILES string of the molecule is Cc1csc(Sc2ccc(NC(=O)C3CC(=O)N(c4ccc(F)c([N+](=O)[O-])c4)C3)cc2)n1. The molecule has 32 heavy (non-hydrogen) atoms. The lowest BCUT2D eigenvalue weighted by Gasteiger charge is -2.16. The van der Waals surface area contributed by atoms with Crippen LogP contribution < -0.4 is 10.2 Å². The first kappa shape index (κ1) is 21.9. The third kappa shape index (κ3) is 4.78. The van der Waals surface area contributed by atoms with E-state index in [1.54, 1.807) is 23.5 Å². The van der Waals surface area contributed by atoms with Crippen molar-refractivity contribution < 1.29 is 18.9 Å². The molecule has 1 saturated heterocycles. The van der Waals surface area contributed by atoms with Gasteiger partial charge in [-0.2, -0.15) is 4.39 Å². The van der Waals surface area contributed by atoms with Crippen LogP contribution in [0.15, 0.2) is 57.1 Å². The Morgan fingerprint density at radius 1 is 1.31 bits per heavy atom. The third-order valence-corrected chi connectivity index (χ3v) is 6.92. The molecule has 1 aliphatic heterocycles. The Balaban J connectivity index is 1.39. The molecule has 0 radical (unpaired) electrons. The zero-order chi connectivity index (χ0) is 22.8. The zero-order valence-electron chi connectivity index (χ0n) is 16.8. The first-order valence-corrected chi connectivity index (χ1v) is 11.2. The van der Waals surface area contributed by atoms with Gasteiger partial charge in [0.05, 0.1) is 16.5 Å². The number of halogens is 1. The number of benzene rings is 2. The number of nitrogens with one attached hydrogen (secondary N) is 1. The molecule has 2 aromatic carbocycles. The fourth-order valence-electron chi connectivity index (χ4n) is 3.27. The summed E-state index contributed by atoms with van der Waals surface area (Å²) >= 11 is 3.10. The van der Waals surface area contributed by atoms with Gasteiger partial charge in [-0.3, -0.25) is 19.7 Å². The second kappa shape index (κ2) is 9.05. The van der Waals surface area contributed by atoms with Gasteiger partial charge in [0.15, 0.2) is 4.34 Å². The van der Waals surface area contributed by atoms with E-state index in [1.165, 1.54) is 22.7 Å². The highest BCUT2D eigenvalue weighted by Gasteiger charge is 2.36. The van der Waals surface area contributed by atoms with E-state index >= 15 is 0 Å². The number of aryl methyl sites for hydroxylation is 1. The minimum Gasteiger partial charge on any atom is -0.326 e. The van der Waals surface area contributed by atoms with E-state index < -0.39 is 22.3 Å². The van der Waals surface area contributed by atoms with Crippen LogP contribution in [0.4, 0.5) is 21.5 Å². The molecule has 11 heteroatoms. The summed E-state index contributed by atoms with van der Waals surface area (Å²) in [6.07, 6.45) is -0.0334. The number of anilines is 2. The fourth-order valence-corrected chi connectivity index (χ4v) is 5.08. The minimum atomic E-state index is -0.980. The summed E-state index contributed by atoms with van der Waals surface area (Å²) in [4.78, 5) is 41.9. The molecular formula is C21H17FN4O4S2. The van der Waals surface area contributed by atoms with Crippen molar-refractivity contribution in [3.63, 3.8) is 0 Å². The molecule has 0 spiro atoms. The van der Waals surface area contributed by atoms with Crippen molar-refractivity contribution in [1.29, 1.82) is 0 Å². The summed E-state index contributed by atoms with van der Waals surface area (Å²) in [5.74, 6) is -2.28. The fraction of sp³-hybridized carbons (Fsp3) is 0.190. The van der Waals surface area contributed by atoms with Gasteiger partial charge < -0.3 is 10.2 Å². The number of carbonyl (C=O) groups excluding carboxylic acids is 2. The number of nitro benzene ring substituents is 1. The van der Waals surface area contributed by atoms with E-state index in [0.717, 1.165) is 27.1 Å². The third-order valence-electron chi connectivity index (χ3n) is 4.86. The number of nitrogens with zero attached hydrogens (tertiary/aromatic N) is 3. The normalized spacial score (nSPS) is 15.8. The van der Waals surface area contributed by atoms with E-state index in [1.807, 2.05) is 24.4 Å². The van der Waals surface area contributed by atoms with Gasteiger partial charge in [0.1, 0.15) is 0 Å². The van der Waals surface area contributed by atoms with Crippen LogP contribution in [0.25, 0.3) is 0 Å². The second-order valence-electron chi connectivity index (χ2n) is 7.17. The van der Waals surface area contributed by atoms with Gasteiger partial charge in [-0.25, -0.2) is 4.98 Å². The van der Waals surface area contributed by atoms with Crippen LogP contribution in [0, 0.1) is 28.8 Å². The Morgan fingerprint density at radius 3 is 2.72 bits per heavy atom.